The van der Waals surface area contributed by atoms with Gasteiger partial charge < -0.3 is 14.5 Å². The molecule has 0 fully saturated rings. The van der Waals surface area contributed by atoms with Crippen molar-refractivity contribution in [3.05, 3.63) is 64.5 Å². The number of hydrogen-bond donors (Lipinski definition) is 1. The lowest BCUT2D eigenvalue weighted by Gasteiger charge is -2.12. The van der Waals surface area contributed by atoms with E-state index in [9.17, 15) is 9.59 Å². The Morgan fingerprint density at radius 1 is 1.20 bits per heavy atom. The molecule has 0 aliphatic heterocycles. The SMILES string of the molecule is Cc1cccc2nc(C(=O)O[C@H](C)C(=O)Nc3ccc(Br)cc3)cn12. The Balaban J connectivity index is 1.67. The van der Waals surface area contributed by atoms with Crippen molar-refractivity contribution in [3.8, 4) is 0 Å². The molecule has 3 rings (SSSR count). The molecule has 0 aliphatic carbocycles. The first kappa shape index (κ1) is 17.2. The van der Waals surface area contributed by atoms with Crippen molar-refractivity contribution in [2.75, 3.05) is 5.32 Å². The molecule has 0 saturated heterocycles. The van der Waals surface area contributed by atoms with E-state index in [1.165, 1.54) is 6.92 Å². The summed E-state index contributed by atoms with van der Waals surface area (Å²) in [6, 6.07) is 12.7. The summed E-state index contributed by atoms with van der Waals surface area (Å²) in [7, 11) is 0. The van der Waals surface area contributed by atoms with Crippen LogP contribution in [-0.4, -0.2) is 27.4 Å². The van der Waals surface area contributed by atoms with E-state index in [1.807, 2.05) is 31.2 Å². The maximum Gasteiger partial charge on any atom is 0.359 e. The van der Waals surface area contributed by atoms with E-state index in [1.54, 1.807) is 28.8 Å². The van der Waals surface area contributed by atoms with Gasteiger partial charge in [0.05, 0.1) is 0 Å². The Kier molecular flexibility index (Phi) is 4.85. The predicted molar refractivity (Wildman–Crippen MR) is 97.6 cm³/mol. The van der Waals surface area contributed by atoms with Gasteiger partial charge in [-0.15, -0.1) is 0 Å². The number of benzene rings is 1. The number of carbonyl (C=O) groups is 2. The van der Waals surface area contributed by atoms with Crippen molar-refractivity contribution in [2.45, 2.75) is 20.0 Å². The van der Waals surface area contributed by atoms with Crippen molar-refractivity contribution in [1.29, 1.82) is 0 Å². The fourth-order valence-electron chi connectivity index (χ4n) is 2.30. The highest BCUT2D eigenvalue weighted by Gasteiger charge is 2.21. The molecule has 7 heteroatoms. The number of carbonyl (C=O) groups excluding carboxylic acids is 2. The average molecular weight is 402 g/mol. The number of esters is 1. The second-order valence-electron chi connectivity index (χ2n) is 5.57. The van der Waals surface area contributed by atoms with Gasteiger partial charge in [-0.25, -0.2) is 9.78 Å². The molecule has 6 nitrogen and oxygen atoms in total. The number of amides is 1. The van der Waals surface area contributed by atoms with Gasteiger partial charge in [0.25, 0.3) is 5.91 Å². The number of halogens is 1. The number of pyridine rings is 1. The van der Waals surface area contributed by atoms with Crippen LogP contribution in [0.2, 0.25) is 0 Å². The Bertz CT molecular complexity index is 934. The highest BCUT2D eigenvalue weighted by Crippen LogP contribution is 2.15. The summed E-state index contributed by atoms with van der Waals surface area (Å²) < 4.78 is 7.93. The summed E-state index contributed by atoms with van der Waals surface area (Å²) in [6.07, 6.45) is 0.661. The van der Waals surface area contributed by atoms with Crippen molar-refractivity contribution in [1.82, 2.24) is 9.38 Å². The van der Waals surface area contributed by atoms with Crippen LogP contribution in [0, 0.1) is 6.92 Å². The Labute approximate surface area is 153 Å². The standard InChI is InChI=1S/C18H16BrN3O3/c1-11-4-3-5-16-21-15(10-22(11)16)18(24)25-12(2)17(23)20-14-8-6-13(19)7-9-14/h3-10,12H,1-2H3,(H,20,23)/t12-/m1/s1. The summed E-state index contributed by atoms with van der Waals surface area (Å²) in [4.78, 5) is 28.6. The largest absolute Gasteiger partial charge is 0.448 e. The van der Waals surface area contributed by atoms with Crippen molar-refractivity contribution in [3.63, 3.8) is 0 Å². The number of imidazole rings is 1. The van der Waals surface area contributed by atoms with Crippen LogP contribution in [0.3, 0.4) is 0 Å². The van der Waals surface area contributed by atoms with Crippen LogP contribution < -0.4 is 5.32 Å². The fourth-order valence-corrected chi connectivity index (χ4v) is 2.56. The number of aromatic nitrogens is 2. The third kappa shape index (κ3) is 3.88. The number of aryl methyl sites for hydroxylation is 1. The van der Waals surface area contributed by atoms with Crippen molar-refractivity contribution < 1.29 is 14.3 Å². The van der Waals surface area contributed by atoms with E-state index in [4.69, 9.17) is 4.74 Å². The van der Waals surface area contributed by atoms with E-state index in [0.29, 0.717) is 11.3 Å². The highest BCUT2D eigenvalue weighted by atomic mass is 79.9. The molecule has 2 heterocycles. The van der Waals surface area contributed by atoms with Crippen LogP contribution in [-0.2, 0) is 9.53 Å². The van der Waals surface area contributed by atoms with Crippen LogP contribution in [0.1, 0.15) is 23.1 Å². The third-order valence-corrected chi connectivity index (χ3v) is 4.20. The first-order chi connectivity index (χ1) is 11.9. The number of nitrogens with one attached hydrogen (secondary N) is 1. The van der Waals surface area contributed by atoms with Gasteiger partial charge in [0, 0.05) is 22.1 Å². The zero-order valence-corrected chi connectivity index (χ0v) is 15.3. The minimum absolute atomic E-state index is 0.164. The smallest absolute Gasteiger partial charge is 0.359 e. The molecule has 3 aromatic rings. The fraction of sp³-hybridized carbons (Fsp3) is 0.167. The van der Waals surface area contributed by atoms with Gasteiger partial charge in [-0.1, -0.05) is 22.0 Å². The molecule has 0 unspecified atom stereocenters. The normalized spacial score (nSPS) is 12.0. The average Bonchev–Trinajstić information content (AvgIpc) is 3.02. The summed E-state index contributed by atoms with van der Waals surface area (Å²) in [5.41, 5.74) is 2.39. The zero-order valence-electron chi connectivity index (χ0n) is 13.7. The molecule has 1 amide bonds. The molecule has 128 valence electrons. The van der Waals surface area contributed by atoms with E-state index in [0.717, 1.165) is 10.2 Å². The maximum absolute atomic E-state index is 12.3. The minimum Gasteiger partial charge on any atom is -0.448 e. The number of fused-ring (bicyclic) bond motifs is 1. The molecule has 25 heavy (non-hydrogen) atoms. The molecular weight excluding hydrogens is 386 g/mol. The second-order valence-corrected chi connectivity index (χ2v) is 6.48. The lowest BCUT2D eigenvalue weighted by molar-refractivity contribution is -0.123. The van der Waals surface area contributed by atoms with Gasteiger partial charge in [-0.2, -0.15) is 0 Å². The molecule has 2 aromatic heterocycles. The predicted octanol–water partition coefficient (Wildman–Crippen LogP) is 3.59. The lowest BCUT2D eigenvalue weighted by atomic mass is 10.3. The van der Waals surface area contributed by atoms with Crippen LogP contribution in [0.5, 0.6) is 0 Å². The summed E-state index contributed by atoms with van der Waals surface area (Å²) in [6.45, 7) is 3.44. The number of hydrogen-bond acceptors (Lipinski definition) is 4. The van der Waals surface area contributed by atoms with Crippen molar-refractivity contribution >= 4 is 39.1 Å². The zero-order chi connectivity index (χ0) is 18.0. The van der Waals surface area contributed by atoms with Gasteiger partial charge in [0.15, 0.2) is 11.8 Å². The van der Waals surface area contributed by atoms with Crippen LogP contribution in [0.15, 0.2) is 53.1 Å². The maximum atomic E-state index is 12.3. The van der Waals surface area contributed by atoms with Gasteiger partial charge in [-0.3, -0.25) is 4.79 Å². The molecule has 0 aliphatic rings. The molecule has 1 atom stereocenters. The lowest BCUT2D eigenvalue weighted by Crippen LogP contribution is -2.30. The van der Waals surface area contributed by atoms with Gasteiger partial charge in [-0.05, 0) is 50.2 Å². The molecule has 0 radical (unpaired) electrons. The van der Waals surface area contributed by atoms with Gasteiger partial charge in [0.2, 0.25) is 0 Å². The molecule has 0 bridgehead atoms. The summed E-state index contributed by atoms with van der Waals surface area (Å²) >= 11 is 3.33. The number of nitrogens with zero attached hydrogens (tertiary/aromatic N) is 2. The molecule has 0 spiro atoms. The second kappa shape index (κ2) is 7.06. The van der Waals surface area contributed by atoms with E-state index < -0.39 is 18.0 Å². The topological polar surface area (TPSA) is 72.7 Å². The quantitative estimate of drug-likeness (QED) is 0.677. The number of anilines is 1. The van der Waals surface area contributed by atoms with E-state index in [-0.39, 0.29) is 5.69 Å². The Morgan fingerprint density at radius 2 is 1.92 bits per heavy atom. The monoisotopic (exact) mass is 401 g/mol. The Morgan fingerprint density at radius 3 is 2.60 bits per heavy atom. The molecule has 0 saturated carbocycles. The van der Waals surface area contributed by atoms with E-state index in [2.05, 4.69) is 26.2 Å². The summed E-state index contributed by atoms with van der Waals surface area (Å²) in [5, 5.41) is 2.70. The summed E-state index contributed by atoms with van der Waals surface area (Å²) in [5.74, 6) is -1.04. The third-order valence-electron chi connectivity index (χ3n) is 3.67. The van der Waals surface area contributed by atoms with Crippen molar-refractivity contribution in [2.24, 2.45) is 0 Å². The Hall–Kier alpha value is -2.67. The highest BCUT2D eigenvalue weighted by molar-refractivity contribution is 9.10. The molecular formula is C18H16BrN3O3. The number of ether oxygens (including phenoxy) is 1. The van der Waals surface area contributed by atoms with Crippen LogP contribution in [0.25, 0.3) is 5.65 Å². The number of rotatable bonds is 4. The first-order valence-electron chi connectivity index (χ1n) is 7.66. The molecule has 1 N–H and O–H groups in total. The van der Waals surface area contributed by atoms with Crippen LogP contribution >= 0.6 is 15.9 Å². The van der Waals surface area contributed by atoms with E-state index >= 15 is 0 Å². The van der Waals surface area contributed by atoms with Gasteiger partial charge in [0.1, 0.15) is 5.65 Å². The first-order valence-corrected chi connectivity index (χ1v) is 8.45. The van der Waals surface area contributed by atoms with Crippen LogP contribution in [0.4, 0.5) is 5.69 Å². The van der Waals surface area contributed by atoms with Gasteiger partial charge >= 0.3 is 5.97 Å². The molecule has 1 aromatic carbocycles. The minimum atomic E-state index is -0.943.